The van der Waals surface area contributed by atoms with E-state index in [1.54, 1.807) is 45.0 Å². The molecule has 0 heterocycles. The monoisotopic (exact) mass is 280 g/mol. The van der Waals surface area contributed by atoms with Gasteiger partial charge >= 0.3 is 0 Å². The van der Waals surface area contributed by atoms with Crippen LogP contribution >= 0.6 is 11.6 Å². The van der Waals surface area contributed by atoms with Crippen LogP contribution in [0, 0.1) is 32.4 Å². The van der Waals surface area contributed by atoms with Gasteiger partial charge in [-0.1, -0.05) is 24.3 Å². The van der Waals surface area contributed by atoms with Crippen LogP contribution in [-0.2, 0) is 0 Å². The summed E-state index contributed by atoms with van der Waals surface area (Å²) in [6.45, 7) is 5.13. The van der Waals surface area contributed by atoms with Crippen LogP contribution in [0.3, 0.4) is 0 Å². The highest BCUT2D eigenvalue weighted by molar-refractivity contribution is 6.22. The Morgan fingerprint density at radius 3 is 1.89 bits per heavy atom. The average Bonchev–Trinajstić information content (AvgIpc) is 2.37. The molecule has 0 aliphatic rings. The Morgan fingerprint density at radius 1 is 0.842 bits per heavy atom. The summed E-state index contributed by atoms with van der Waals surface area (Å²) in [5.41, 5.74) is 3.33. The van der Waals surface area contributed by atoms with E-state index in [9.17, 15) is 8.78 Å². The molecule has 0 amide bonds. The van der Waals surface area contributed by atoms with E-state index < -0.39 is 5.38 Å². The van der Waals surface area contributed by atoms with Crippen molar-refractivity contribution in [1.29, 1.82) is 0 Å². The zero-order valence-electron chi connectivity index (χ0n) is 11.1. The Labute approximate surface area is 117 Å². The second-order valence-electron chi connectivity index (χ2n) is 4.84. The van der Waals surface area contributed by atoms with E-state index in [1.807, 2.05) is 0 Å². The van der Waals surface area contributed by atoms with E-state index in [4.69, 9.17) is 11.6 Å². The molecule has 0 N–H and O–H groups in total. The van der Waals surface area contributed by atoms with Gasteiger partial charge in [-0.05, 0) is 54.7 Å². The molecule has 0 fully saturated rings. The fraction of sp³-hybridized carbons (Fsp3) is 0.250. The van der Waals surface area contributed by atoms with Crippen molar-refractivity contribution in [2.45, 2.75) is 26.1 Å². The molecule has 0 bridgehead atoms. The Kier molecular flexibility index (Phi) is 3.91. The lowest BCUT2D eigenvalue weighted by atomic mass is 9.98. The number of alkyl halides is 1. The lowest BCUT2D eigenvalue weighted by Crippen LogP contribution is -1.98. The maximum atomic E-state index is 13.6. The highest BCUT2D eigenvalue weighted by atomic mass is 35.5. The Hall–Kier alpha value is -1.41. The van der Waals surface area contributed by atoms with Crippen LogP contribution in [0.25, 0.3) is 0 Å². The Balaban J connectivity index is 2.43. The molecule has 2 rings (SSSR count). The van der Waals surface area contributed by atoms with Gasteiger partial charge in [0.05, 0.1) is 5.38 Å². The number of halogens is 3. The van der Waals surface area contributed by atoms with Crippen molar-refractivity contribution in [2.75, 3.05) is 0 Å². The van der Waals surface area contributed by atoms with Crippen molar-refractivity contribution in [1.82, 2.24) is 0 Å². The lowest BCUT2D eigenvalue weighted by molar-refractivity contribution is 0.608. The first-order chi connectivity index (χ1) is 8.90. The van der Waals surface area contributed by atoms with E-state index >= 15 is 0 Å². The fourth-order valence-corrected chi connectivity index (χ4v) is 2.41. The van der Waals surface area contributed by atoms with Gasteiger partial charge in [-0.3, -0.25) is 0 Å². The number of rotatable bonds is 2. The van der Waals surface area contributed by atoms with Crippen molar-refractivity contribution in [3.8, 4) is 0 Å². The highest BCUT2D eigenvalue weighted by Crippen LogP contribution is 2.31. The van der Waals surface area contributed by atoms with E-state index in [1.165, 1.54) is 6.07 Å². The van der Waals surface area contributed by atoms with Crippen LogP contribution in [-0.4, -0.2) is 0 Å². The highest BCUT2D eigenvalue weighted by Gasteiger charge is 2.14. The minimum atomic E-state index is -0.405. The summed E-state index contributed by atoms with van der Waals surface area (Å²) < 4.78 is 26.9. The summed E-state index contributed by atoms with van der Waals surface area (Å²) in [6.07, 6.45) is 0. The third-order valence-corrected chi connectivity index (χ3v) is 3.73. The van der Waals surface area contributed by atoms with Gasteiger partial charge in [-0.2, -0.15) is 0 Å². The summed E-state index contributed by atoms with van der Waals surface area (Å²) in [4.78, 5) is 0. The van der Waals surface area contributed by atoms with Crippen LogP contribution < -0.4 is 0 Å². The molecular weight excluding hydrogens is 266 g/mol. The van der Waals surface area contributed by atoms with Gasteiger partial charge < -0.3 is 0 Å². The van der Waals surface area contributed by atoms with E-state index in [-0.39, 0.29) is 11.6 Å². The second-order valence-corrected chi connectivity index (χ2v) is 5.28. The molecule has 0 nitrogen and oxygen atoms in total. The summed E-state index contributed by atoms with van der Waals surface area (Å²) >= 11 is 6.41. The van der Waals surface area contributed by atoms with Gasteiger partial charge in [0.2, 0.25) is 0 Å². The van der Waals surface area contributed by atoms with Gasteiger partial charge in [-0.15, -0.1) is 11.6 Å². The fourth-order valence-electron chi connectivity index (χ4n) is 2.14. The normalized spacial score (nSPS) is 12.5. The summed E-state index contributed by atoms with van der Waals surface area (Å²) in [5.74, 6) is -0.456. The smallest absolute Gasteiger partial charge is 0.129 e. The van der Waals surface area contributed by atoms with Gasteiger partial charge in [0.1, 0.15) is 11.6 Å². The molecule has 0 aliphatic heterocycles. The van der Waals surface area contributed by atoms with Gasteiger partial charge in [0, 0.05) is 0 Å². The number of hydrogen-bond acceptors (Lipinski definition) is 0. The minimum Gasteiger partial charge on any atom is -0.207 e. The van der Waals surface area contributed by atoms with Gasteiger partial charge in [0.15, 0.2) is 0 Å². The van der Waals surface area contributed by atoms with Crippen molar-refractivity contribution in [2.24, 2.45) is 0 Å². The second kappa shape index (κ2) is 5.30. The predicted octanol–water partition coefficient (Wildman–Crippen LogP) is 5.22. The van der Waals surface area contributed by atoms with Gasteiger partial charge in [0.25, 0.3) is 0 Å². The average molecular weight is 281 g/mol. The van der Waals surface area contributed by atoms with Crippen LogP contribution in [0.2, 0.25) is 0 Å². The largest absolute Gasteiger partial charge is 0.207 e. The van der Waals surface area contributed by atoms with Crippen LogP contribution in [0.4, 0.5) is 8.78 Å². The molecule has 100 valence electrons. The molecule has 2 aromatic rings. The SMILES string of the molecule is Cc1cc(C(Cl)c2cc(C)c(F)c(C)c2)ccc1F. The molecule has 1 atom stereocenters. The van der Waals surface area contributed by atoms with Crippen LogP contribution in [0.15, 0.2) is 30.3 Å². The van der Waals surface area contributed by atoms with E-state index in [0.717, 1.165) is 11.1 Å². The third kappa shape index (κ3) is 2.79. The number of hydrogen-bond donors (Lipinski definition) is 0. The molecule has 2 aromatic carbocycles. The van der Waals surface area contributed by atoms with E-state index in [0.29, 0.717) is 16.7 Å². The molecular formula is C16H15ClF2. The molecule has 0 saturated heterocycles. The van der Waals surface area contributed by atoms with Crippen molar-refractivity contribution >= 4 is 11.6 Å². The van der Waals surface area contributed by atoms with Crippen molar-refractivity contribution in [3.63, 3.8) is 0 Å². The number of benzene rings is 2. The van der Waals surface area contributed by atoms with Crippen molar-refractivity contribution in [3.05, 3.63) is 69.8 Å². The quantitative estimate of drug-likeness (QED) is 0.662. The molecule has 0 aromatic heterocycles. The van der Waals surface area contributed by atoms with E-state index in [2.05, 4.69) is 0 Å². The Morgan fingerprint density at radius 2 is 1.37 bits per heavy atom. The molecule has 3 heteroatoms. The number of aryl methyl sites for hydroxylation is 3. The molecule has 1 unspecified atom stereocenters. The minimum absolute atomic E-state index is 0.206. The maximum Gasteiger partial charge on any atom is 0.129 e. The first-order valence-corrected chi connectivity index (χ1v) is 6.50. The zero-order chi connectivity index (χ0) is 14.2. The molecule has 0 aliphatic carbocycles. The molecule has 0 spiro atoms. The Bertz CT molecular complexity index is 597. The topological polar surface area (TPSA) is 0 Å². The molecule has 0 saturated carbocycles. The van der Waals surface area contributed by atoms with Gasteiger partial charge in [-0.25, -0.2) is 8.78 Å². The first-order valence-electron chi connectivity index (χ1n) is 6.07. The van der Waals surface area contributed by atoms with Crippen molar-refractivity contribution < 1.29 is 8.78 Å². The van der Waals surface area contributed by atoms with Crippen LogP contribution in [0.1, 0.15) is 33.2 Å². The summed E-state index contributed by atoms with van der Waals surface area (Å²) in [6, 6.07) is 8.26. The molecule has 0 radical (unpaired) electrons. The standard InChI is InChI=1S/C16H15ClF2/c1-9-6-12(4-5-14(9)18)15(17)13-7-10(2)16(19)11(3)8-13/h4-8,15H,1-3H3. The molecule has 19 heavy (non-hydrogen) atoms. The third-order valence-electron chi connectivity index (χ3n) is 3.23. The lowest BCUT2D eigenvalue weighted by Gasteiger charge is -2.14. The summed E-state index contributed by atoms with van der Waals surface area (Å²) in [5, 5.41) is -0.405. The first kappa shape index (κ1) is 14.0. The summed E-state index contributed by atoms with van der Waals surface area (Å²) in [7, 11) is 0. The zero-order valence-corrected chi connectivity index (χ0v) is 11.9. The maximum absolute atomic E-state index is 13.6. The van der Waals surface area contributed by atoms with Crippen LogP contribution in [0.5, 0.6) is 0 Å². The predicted molar refractivity (Wildman–Crippen MR) is 74.7 cm³/mol.